The van der Waals surface area contributed by atoms with Crippen LogP contribution in [0.1, 0.15) is 28.3 Å². The summed E-state index contributed by atoms with van der Waals surface area (Å²) in [5, 5.41) is 4.19. The van der Waals surface area contributed by atoms with Crippen LogP contribution in [0, 0.1) is 6.92 Å². The van der Waals surface area contributed by atoms with Gasteiger partial charge < -0.3 is 10.1 Å². The molecule has 1 N–H and O–H groups in total. The van der Waals surface area contributed by atoms with Crippen molar-refractivity contribution in [3.8, 4) is 5.75 Å². The highest BCUT2D eigenvalue weighted by atomic mass is 35.5. The number of nitrogens with zero attached hydrogens (tertiary/aromatic N) is 1. The van der Waals surface area contributed by atoms with Crippen LogP contribution in [0.15, 0.2) is 30.3 Å². The van der Waals surface area contributed by atoms with Gasteiger partial charge in [-0.2, -0.15) is 0 Å². The van der Waals surface area contributed by atoms with Crippen LogP contribution >= 0.6 is 22.9 Å². The van der Waals surface area contributed by atoms with Gasteiger partial charge >= 0.3 is 0 Å². The number of halogens is 1. The SMILES string of the molecule is CCOc1ccc(Cl)cc1C(c1ccc(C)s1)N1CCNCC1. The topological polar surface area (TPSA) is 24.5 Å². The summed E-state index contributed by atoms with van der Waals surface area (Å²) in [6, 6.07) is 10.6. The molecular formula is C18H23ClN2OS. The van der Waals surface area contributed by atoms with Crippen molar-refractivity contribution < 1.29 is 4.74 Å². The van der Waals surface area contributed by atoms with Crippen LogP contribution in [0.3, 0.4) is 0 Å². The molecule has 1 aromatic carbocycles. The Hall–Kier alpha value is -1.07. The third kappa shape index (κ3) is 3.89. The van der Waals surface area contributed by atoms with Crippen molar-refractivity contribution in [3.05, 3.63) is 50.7 Å². The first-order valence-electron chi connectivity index (χ1n) is 8.12. The van der Waals surface area contributed by atoms with Gasteiger partial charge in [0.1, 0.15) is 5.75 Å². The van der Waals surface area contributed by atoms with Gasteiger partial charge in [-0.1, -0.05) is 11.6 Å². The van der Waals surface area contributed by atoms with E-state index in [1.807, 2.05) is 30.4 Å². The number of aryl methyl sites for hydroxylation is 1. The maximum Gasteiger partial charge on any atom is 0.124 e. The Bertz CT molecular complexity index is 652. The molecule has 0 spiro atoms. The maximum atomic E-state index is 6.31. The second-order valence-corrected chi connectivity index (χ2v) is 7.51. The van der Waals surface area contributed by atoms with Crippen molar-refractivity contribution in [1.29, 1.82) is 0 Å². The largest absolute Gasteiger partial charge is 0.494 e. The van der Waals surface area contributed by atoms with Crippen molar-refractivity contribution >= 4 is 22.9 Å². The van der Waals surface area contributed by atoms with Crippen molar-refractivity contribution in [2.24, 2.45) is 0 Å². The van der Waals surface area contributed by atoms with Gasteiger partial charge in [-0.25, -0.2) is 0 Å². The fraction of sp³-hybridized carbons (Fsp3) is 0.444. The Balaban J connectivity index is 2.05. The molecule has 3 nitrogen and oxygen atoms in total. The lowest BCUT2D eigenvalue weighted by atomic mass is 10.0. The van der Waals surface area contributed by atoms with E-state index in [-0.39, 0.29) is 6.04 Å². The van der Waals surface area contributed by atoms with Gasteiger partial charge in [0, 0.05) is 46.5 Å². The molecule has 124 valence electrons. The Morgan fingerprint density at radius 3 is 2.70 bits per heavy atom. The number of benzene rings is 1. The number of rotatable bonds is 5. The predicted octanol–water partition coefficient (Wildman–Crippen LogP) is 4.10. The van der Waals surface area contributed by atoms with Crippen LogP contribution in [-0.2, 0) is 0 Å². The minimum atomic E-state index is 0.205. The van der Waals surface area contributed by atoms with Gasteiger partial charge in [0.05, 0.1) is 12.6 Å². The number of nitrogens with one attached hydrogen (secondary N) is 1. The first kappa shape index (κ1) is 16.8. The van der Waals surface area contributed by atoms with E-state index in [0.717, 1.165) is 37.0 Å². The third-order valence-corrected chi connectivity index (χ3v) is 5.40. The molecule has 5 heteroatoms. The number of thiophene rings is 1. The molecule has 23 heavy (non-hydrogen) atoms. The summed E-state index contributed by atoms with van der Waals surface area (Å²) in [4.78, 5) is 5.21. The average molecular weight is 351 g/mol. The van der Waals surface area contributed by atoms with E-state index in [0.29, 0.717) is 6.61 Å². The van der Waals surface area contributed by atoms with E-state index in [2.05, 4.69) is 35.3 Å². The minimum Gasteiger partial charge on any atom is -0.494 e. The molecule has 1 aliphatic heterocycles. The second-order valence-electron chi connectivity index (χ2n) is 5.75. The monoisotopic (exact) mass is 350 g/mol. The molecule has 0 bridgehead atoms. The molecule has 0 saturated carbocycles. The summed E-state index contributed by atoms with van der Waals surface area (Å²) in [7, 11) is 0. The Labute approximate surface area is 147 Å². The molecule has 1 unspecified atom stereocenters. The molecule has 1 fully saturated rings. The van der Waals surface area contributed by atoms with Crippen LogP contribution in [0.2, 0.25) is 5.02 Å². The van der Waals surface area contributed by atoms with Gasteiger partial charge in [0.2, 0.25) is 0 Å². The zero-order valence-corrected chi connectivity index (χ0v) is 15.2. The van der Waals surface area contributed by atoms with Crippen molar-refractivity contribution in [3.63, 3.8) is 0 Å². The summed E-state index contributed by atoms with van der Waals surface area (Å²) in [5.41, 5.74) is 1.17. The third-order valence-electron chi connectivity index (χ3n) is 4.11. The number of hydrogen-bond donors (Lipinski definition) is 1. The first-order valence-corrected chi connectivity index (χ1v) is 9.32. The molecule has 0 amide bonds. The molecule has 0 aliphatic carbocycles. The van der Waals surface area contributed by atoms with E-state index in [9.17, 15) is 0 Å². The summed E-state index contributed by atoms with van der Waals surface area (Å²) >= 11 is 8.17. The molecule has 1 aliphatic rings. The highest BCUT2D eigenvalue weighted by Gasteiger charge is 2.28. The summed E-state index contributed by atoms with van der Waals surface area (Å²) in [6.45, 7) is 8.93. The number of ether oxygens (including phenoxy) is 1. The summed E-state index contributed by atoms with van der Waals surface area (Å²) in [6.07, 6.45) is 0. The zero-order valence-electron chi connectivity index (χ0n) is 13.6. The molecule has 0 radical (unpaired) electrons. The molecule has 1 atom stereocenters. The number of piperazine rings is 1. The van der Waals surface area contributed by atoms with Gasteiger partial charge in [0.15, 0.2) is 0 Å². The molecule has 2 aromatic rings. The Kier molecular flexibility index (Phi) is 5.59. The van der Waals surface area contributed by atoms with E-state index in [1.54, 1.807) is 0 Å². The average Bonchev–Trinajstić information content (AvgIpc) is 2.97. The quantitative estimate of drug-likeness (QED) is 0.878. The van der Waals surface area contributed by atoms with Gasteiger partial charge in [-0.05, 0) is 44.2 Å². The first-order chi connectivity index (χ1) is 11.2. The van der Waals surface area contributed by atoms with Crippen molar-refractivity contribution in [1.82, 2.24) is 10.2 Å². The minimum absolute atomic E-state index is 0.205. The molecular weight excluding hydrogens is 328 g/mol. The lowest BCUT2D eigenvalue weighted by Gasteiger charge is -2.35. The fourth-order valence-electron chi connectivity index (χ4n) is 3.09. The molecule has 2 heterocycles. The normalized spacial score (nSPS) is 17.2. The number of hydrogen-bond acceptors (Lipinski definition) is 4. The van der Waals surface area contributed by atoms with Crippen LogP contribution in [0.25, 0.3) is 0 Å². The van der Waals surface area contributed by atoms with E-state index < -0.39 is 0 Å². The van der Waals surface area contributed by atoms with E-state index in [1.165, 1.54) is 15.3 Å². The van der Waals surface area contributed by atoms with Crippen LogP contribution in [0.4, 0.5) is 0 Å². The van der Waals surface area contributed by atoms with Crippen molar-refractivity contribution in [2.45, 2.75) is 19.9 Å². The highest BCUT2D eigenvalue weighted by molar-refractivity contribution is 7.12. The standard InChI is InChI=1S/C18H23ClN2OS/c1-3-22-16-6-5-14(19)12-15(16)18(17-7-4-13(2)23-17)21-10-8-20-9-11-21/h4-7,12,18,20H,3,8-11H2,1-2H3. The molecule has 1 aromatic heterocycles. The Morgan fingerprint density at radius 1 is 1.26 bits per heavy atom. The van der Waals surface area contributed by atoms with Gasteiger partial charge in [-0.15, -0.1) is 11.3 Å². The fourth-order valence-corrected chi connectivity index (χ4v) is 4.30. The lowest BCUT2D eigenvalue weighted by Crippen LogP contribution is -2.45. The molecule has 1 saturated heterocycles. The lowest BCUT2D eigenvalue weighted by molar-refractivity contribution is 0.196. The van der Waals surface area contributed by atoms with Crippen LogP contribution < -0.4 is 10.1 Å². The smallest absolute Gasteiger partial charge is 0.124 e. The Morgan fingerprint density at radius 2 is 2.04 bits per heavy atom. The predicted molar refractivity (Wildman–Crippen MR) is 98.0 cm³/mol. The van der Waals surface area contributed by atoms with Crippen molar-refractivity contribution in [2.75, 3.05) is 32.8 Å². The summed E-state index contributed by atoms with van der Waals surface area (Å²) < 4.78 is 5.90. The van der Waals surface area contributed by atoms with E-state index in [4.69, 9.17) is 16.3 Å². The highest BCUT2D eigenvalue weighted by Crippen LogP contribution is 2.39. The molecule has 3 rings (SSSR count). The van der Waals surface area contributed by atoms with Crippen LogP contribution in [-0.4, -0.2) is 37.7 Å². The summed E-state index contributed by atoms with van der Waals surface area (Å²) in [5.74, 6) is 0.937. The van der Waals surface area contributed by atoms with E-state index >= 15 is 0 Å². The zero-order chi connectivity index (χ0) is 16.2. The van der Waals surface area contributed by atoms with Gasteiger partial charge in [0.25, 0.3) is 0 Å². The second kappa shape index (κ2) is 7.67. The van der Waals surface area contributed by atoms with Crippen LogP contribution in [0.5, 0.6) is 5.75 Å². The maximum absolute atomic E-state index is 6.31. The van der Waals surface area contributed by atoms with Gasteiger partial charge in [-0.3, -0.25) is 4.90 Å².